The van der Waals surface area contributed by atoms with E-state index in [1.54, 1.807) is 40.1 Å². The number of hydrogen-bond acceptors (Lipinski definition) is 4. The number of fused-ring (bicyclic) bond motifs is 1. The number of carbonyl (C=O) groups is 3. The van der Waals surface area contributed by atoms with Gasteiger partial charge in [-0.2, -0.15) is 0 Å². The van der Waals surface area contributed by atoms with E-state index in [0.717, 1.165) is 13.1 Å². The summed E-state index contributed by atoms with van der Waals surface area (Å²) in [4.78, 5) is 42.9. The van der Waals surface area contributed by atoms with Gasteiger partial charge in [0.2, 0.25) is 11.8 Å². The lowest BCUT2D eigenvalue weighted by molar-refractivity contribution is -0.121. The Morgan fingerprint density at radius 3 is 2.38 bits per heavy atom. The Labute approximate surface area is 199 Å². The van der Waals surface area contributed by atoms with E-state index in [2.05, 4.69) is 10.6 Å². The minimum Gasteiger partial charge on any atom is -0.336 e. The molecule has 0 aromatic heterocycles. The van der Waals surface area contributed by atoms with E-state index in [0.29, 0.717) is 35.6 Å². The maximum Gasteiger partial charge on any atom is 0.254 e. The topological polar surface area (TPSA) is 81.8 Å². The molecule has 1 unspecified atom stereocenters. The van der Waals surface area contributed by atoms with Crippen molar-refractivity contribution in [2.45, 2.75) is 39.7 Å². The van der Waals surface area contributed by atoms with Crippen molar-refractivity contribution in [2.75, 3.05) is 36.4 Å². The second kappa shape index (κ2) is 9.54. The zero-order valence-electron chi connectivity index (χ0n) is 19.9. The van der Waals surface area contributed by atoms with E-state index >= 15 is 0 Å². The molecule has 0 saturated carbocycles. The van der Waals surface area contributed by atoms with E-state index in [-0.39, 0.29) is 41.8 Å². The van der Waals surface area contributed by atoms with E-state index in [9.17, 15) is 18.8 Å². The van der Waals surface area contributed by atoms with E-state index in [1.807, 2.05) is 20.8 Å². The van der Waals surface area contributed by atoms with Gasteiger partial charge in [-0.15, -0.1) is 0 Å². The highest BCUT2D eigenvalue weighted by Gasteiger charge is 2.35. The Balaban J connectivity index is 1.76. The molecule has 1 fully saturated rings. The molecule has 1 saturated heterocycles. The van der Waals surface area contributed by atoms with Crippen LogP contribution in [-0.2, 0) is 9.59 Å². The Morgan fingerprint density at radius 1 is 1.06 bits per heavy atom. The van der Waals surface area contributed by atoms with Crippen LogP contribution < -0.4 is 15.5 Å². The van der Waals surface area contributed by atoms with Crippen LogP contribution in [0.3, 0.4) is 0 Å². The number of amides is 3. The van der Waals surface area contributed by atoms with Gasteiger partial charge in [-0.25, -0.2) is 4.39 Å². The predicted octanol–water partition coefficient (Wildman–Crippen LogP) is 3.72. The van der Waals surface area contributed by atoms with E-state index in [1.165, 1.54) is 12.1 Å². The molecule has 0 radical (unpaired) electrons. The average molecular weight is 467 g/mol. The van der Waals surface area contributed by atoms with Crippen molar-refractivity contribution in [3.63, 3.8) is 0 Å². The van der Waals surface area contributed by atoms with Crippen molar-refractivity contribution in [1.82, 2.24) is 10.2 Å². The third-order valence-electron chi connectivity index (χ3n) is 6.08. The van der Waals surface area contributed by atoms with Crippen LogP contribution in [0.15, 0.2) is 42.5 Å². The fourth-order valence-corrected chi connectivity index (χ4v) is 4.46. The van der Waals surface area contributed by atoms with Gasteiger partial charge in [0.1, 0.15) is 5.82 Å². The molecule has 3 amide bonds. The highest BCUT2D eigenvalue weighted by atomic mass is 19.1. The van der Waals surface area contributed by atoms with Crippen LogP contribution >= 0.6 is 0 Å². The molecule has 2 aliphatic rings. The van der Waals surface area contributed by atoms with Crippen molar-refractivity contribution >= 4 is 29.1 Å². The fourth-order valence-electron chi connectivity index (χ4n) is 4.46. The Hall–Kier alpha value is -3.26. The van der Waals surface area contributed by atoms with Crippen LogP contribution in [0.2, 0.25) is 0 Å². The summed E-state index contributed by atoms with van der Waals surface area (Å²) in [5.74, 6) is -0.898. The predicted molar refractivity (Wildman–Crippen MR) is 129 cm³/mol. The van der Waals surface area contributed by atoms with Crippen molar-refractivity contribution in [3.8, 4) is 0 Å². The lowest BCUT2D eigenvalue weighted by atomic mass is 9.90. The largest absolute Gasteiger partial charge is 0.336 e. The SMILES string of the molecule is CC(C)(C)CC(=O)N1c2ccc(C(=O)N3CCNCC3)cc2NC(=O)CC1c1ccc(F)cc1. The highest BCUT2D eigenvalue weighted by Crippen LogP contribution is 2.40. The summed E-state index contributed by atoms with van der Waals surface area (Å²) in [5.41, 5.74) is 1.83. The maximum atomic E-state index is 13.6. The fraction of sp³-hybridized carbons (Fsp3) is 0.423. The molecule has 180 valence electrons. The summed E-state index contributed by atoms with van der Waals surface area (Å²) in [7, 11) is 0. The lowest BCUT2D eigenvalue weighted by Gasteiger charge is -2.33. The zero-order chi connectivity index (χ0) is 24.5. The molecule has 2 heterocycles. The molecule has 0 aliphatic carbocycles. The number of hydrogen-bond donors (Lipinski definition) is 2. The van der Waals surface area contributed by atoms with Crippen LogP contribution in [0.1, 0.15) is 55.6 Å². The van der Waals surface area contributed by atoms with Gasteiger partial charge in [0, 0.05) is 38.2 Å². The molecule has 1 atom stereocenters. The molecule has 2 aromatic rings. The van der Waals surface area contributed by atoms with Gasteiger partial charge >= 0.3 is 0 Å². The first kappa shape index (κ1) is 23.9. The van der Waals surface area contributed by atoms with Gasteiger partial charge in [0.15, 0.2) is 0 Å². The van der Waals surface area contributed by atoms with Crippen LogP contribution in [0.5, 0.6) is 0 Å². The number of rotatable bonds is 3. The molecule has 34 heavy (non-hydrogen) atoms. The van der Waals surface area contributed by atoms with Crippen LogP contribution in [-0.4, -0.2) is 48.8 Å². The first-order valence-electron chi connectivity index (χ1n) is 11.6. The lowest BCUT2D eigenvalue weighted by Crippen LogP contribution is -2.46. The van der Waals surface area contributed by atoms with Gasteiger partial charge in [-0.3, -0.25) is 14.4 Å². The zero-order valence-corrected chi connectivity index (χ0v) is 19.9. The second-order valence-electron chi connectivity index (χ2n) is 10.1. The minimum absolute atomic E-state index is 0.0251. The number of anilines is 2. The molecule has 7 nitrogen and oxygen atoms in total. The molecular formula is C26H31FN4O3. The van der Waals surface area contributed by atoms with Gasteiger partial charge in [-0.1, -0.05) is 32.9 Å². The Morgan fingerprint density at radius 2 is 1.74 bits per heavy atom. The van der Waals surface area contributed by atoms with Gasteiger partial charge in [-0.05, 0) is 41.3 Å². The monoisotopic (exact) mass is 466 g/mol. The number of nitrogens with one attached hydrogen (secondary N) is 2. The third-order valence-corrected chi connectivity index (χ3v) is 6.08. The highest BCUT2D eigenvalue weighted by molar-refractivity contribution is 6.06. The standard InChI is InChI=1S/C26H31FN4O3/c1-26(2,3)16-24(33)31-21-9-6-18(25(34)30-12-10-28-11-13-30)14-20(21)29-23(32)15-22(31)17-4-7-19(27)8-5-17/h4-9,14,22,28H,10-13,15-16H2,1-3H3,(H,29,32). The number of carbonyl (C=O) groups excluding carboxylic acids is 3. The van der Waals surface area contributed by atoms with E-state index in [4.69, 9.17) is 0 Å². The van der Waals surface area contributed by atoms with Gasteiger partial charge < -0.3 is 20.4 Å². The summed E-state index contributed by atoms with van der Waals surface area (Å²) in [6.07, 6.45) is 0.289. The molecule has 2 aliphatic heterocycles. The number of nitrogens with zero attached hydrogens (tertiary/aromatic N) is 2. The number of benzene rings is 2. The number of halogens is 1. The first-order valence-corrected chi connectivity index (χ1v) is 11.6. The summed E-state index contributed by atoms with van der Waals surface area (Å²) in [5, 5.41) is 6.12. The Bertz CT molecular complexity index is 1090. The summed E-state index contributed by atoms with van der Waals surface area (Å²) in [6, 6.07) is 10.4. The molecule has 4 rings (SSSR count). The van der Waals surface area contributed by atoms with Crippen molar-refractivity contribution in [1.29, 1.82) is 0 Å². The molecule has 8 heteroatoms. The van der Waals surface area contributed by atoms with E-state index < -0.39 is 6.04 Å². The molecule has 0 spiro atoms. The summed E-state index contributed by atoms with van der Waals surface area (Å²) < 4.78 is 13.6. The quantitative estimate of drug-likeness (QED) is 0.722. The van der Waals surface area contributed by atoms with Crippen molar-refractivity contribution in [3.05, 3.63) is 59.4 Å². The van der Waals surface area contributed by atoms with Gasteiger partial charge in [0.25, 0.3) is 5.91 Å². The van der Waals surface area contributed by atoms with Gasteiger partial charge in [0.05, 0.1) is 23.8 Å². The molecular weight excluding hydrogens is 435 g/mol. The molecule has 2 aromatic carbocycles. The van der Waals surface area contributed by atoms with Crippen LogP contribution in [0.4, 0.5) is 15.8 Å². The number of piperazine rings is 1. The smallest absolute Gasteiger partial charge is 0.254 e. The molecule has 2 N–H and O–H groups in total. The second-order valence-corrected chi connectivity index (χ2v) is 10.1. The molecule has 0 bridgehead atoms. The minimum atomic E-state index is -0.591. The average Bonchev–Trinajstić information content (AvgIpc) is 2.93. The maximum absolute atomic E-state index is 13.6. The van der Waals surface area contributed by atoms with Crippen LogP contribution in [0.25, 0.3) is 0 Å². The first-order chi connectivity index (χ1) is 16.1. The summed E-state index contributed by atoms with van der Waals surface area (Å²) >= 11 is 0. The normalized spacial score (nSPS) is 18.7. The van der Waals surface area contributed by atoms with Crippen molar-refractivity contribution < 1.29 is 18.8 Å². The third kappa shape index (κ3) is 5.28. The van der Waals surface area contributed by atoms with Crippen LogP contribution in [0, 0.1) is 11.2 Å². The summed E-state index contributed by atoms with van der Waals surface area (Å²) in [6.45, 7) is 8.65. The Kier molecular flexibility index (Phi) is 6.70. The van der Waals surface area contributed by atoms with Crippen molar-refractivity contribution in [2.24, 2.45) is 5.41 Å².